The van der Waals surface area contributed by atoms with Crippen molar-refractivity contribution in [1.82, 2.24) is 9.80 Å². The molecule has 0 aliphatic carbocycles. The average Bonchev–Trinajstić information content (AvgIpc) is 3.57. The molecule has 0 unspecified atom stereocenters. The van der Waals surface area contributed by atoms with Gasteiger partial charge in [-0.3, -0.25) is 14.4 Å². The molecule has 0 aromatic heterocycles. The molecule has 2 N–H and O–H groups in total. The van der Waals surface area contributed by atoms with Crippen molar-refractivity contribution in [3.05, 3.63) is 59.2 Å². The van der Waals surface area contributed by atoms with Gasteiger partial charge in [-0.05, 0) is 96.3 Å². The summed E-state index contributed by atoms with van der Waals surface area (Å²) < 4.78 is 16.3. The summed E-state index contributed by atoms with van der Waals surface area (Å²) in [4.78, 5) is 69.6. The second-order valence-corrected chi connectivity index (χ2v) is 13.8. The Morgan fingerprint density at radius 3 is 2.22 bits per heavy atom. The Labute approximate surface area is 285 Å². The molecule has 0 bridgehead atoms. The number of likely N-dealkylation sites (tertiary alicyclic amines) is 1. The van der Waals surface area contributed by atoms with Crippen LogP contribution in [0.4, 0.5) is 21.0 Å². The van der Waals surface area contributed by atoms with E-state index in [0.29, 0.717) is 29.2 Å². The van der Waals surface area contributed by atoms with Gasteiger partial charge < -0.3 is 34.4 Å². The van der Waals surface area contributed by atoms with E-state index in [4.69, 9.17) is 14.2 Å². The third-order valence-electron chi connectivity index (χ3n) is 7.52. The molecule has 2 aliphatic heterocycles. The Kier molecular flexibility index (Phi) is 11.3. The molecule has 14 nitrogen and oxygen atoms in total. The number of aliphatic hydroxyl groups excluding tert-OH is 1. The zero-order valence-electron chi connectivity index (χ0n) is 28.6. The van der Waals surface area contributed by atoms with Crippen LogP contribution in [0.15, 0.2) is 42.5 Å². The number of anilines is 2. The van der Waals surface area contributed by atoms with Crippen molar-refractivity contribution in [3.8, 4) is 6.07 Å². The molecule has 4 rings (SSSR count). The maximum atomic E-state index is 13.5. The van der Waals surface area contributed by atoms with E-state index in [1.807, 2.05) is 6.07 Å². The first kappa shape index (κ1) is 36.8. The number of nitrogens with one attached hydrogen (secondary N) is 1. The van der Waals surface area contributed by atoms with Crippen LogP contribution in [0.3, 0.4) is 0 Å². The van der Waals surface area contributed by atoms with E-state index in [2.05, 4.69) is 5.32 Å². The molecule has 262 valence electrons. The minimum absolute atomic E-state index is 0.0250. The van der Waals surface area contributed by atoms with Crippen molar-refractivity contribution in [2.75, 3.05) is 36.5 Å². The number of hydrogen-bond donors (Lipinski definition) is 2. The molecule has 2 atom stereocenters. The molecule has 2 saturated heterocycles. The molecule has 2 fully saturated rings. The van der Waals surface area contributed by atoms with E-state index in [-0.39, 0.29) is 35.9 Å². The lowest BCUT2D eigenvalue weighted by Gasteiger charge is -2.34. The number of rotatable bonds is 7. The lowest BCUT2D eigenvalue weighted by Crippen LogP contribution is -2.55. The van der Waals surface area contributed by atoms with E-state index >= 15 is 0 Å². The predicted octanol–water partition coefficient (Wildman–Crippen LogP) is 4.20. The lowest BCUT2D eigenvalue weighted by atomic mass is 10.1. The summed E-state index contributed by atoms with van der Waals surface area (Å²) in [5.41, 5.74) is -0.630. The molecule has 5 amide bonds. The van der Waals surface area contributed by atoms with Crippen molar-refractivity contribution >= 4 is 41.3 Å². The fraction of sp³-hybridized carbons (Fsp3) is 0.486. The Bertz CT molecular complexity index is 1600. The van der Waals surface area contributed by atoms with Crippen LogP contribution >= 0.6 is 0 Å². The monoisotopic (exact) mass is 677 g/mol. The first-order chi connectivity index (χ1) is 23.0. The highest BCUT2D eigenvalue weighted by Gasteiger charge is 2.40. The average molecular weight is 678 g/mol. The number of ether oxygens (including phenoxy) is 3. The van der Waals surface area contributed by atoms with Crippen LogP contribution < -0.4 is 10.2 Å². The second kappa shape index (κ2) is 15.0. The van der Waals surface area contributed by atoms with Gasteiger partial charge in [0.1, 0.15) is 11.2 Å². The number of carbonyl (C=O) groups is 5. The van der Waals surface area contributed by atoms with Gasteiger partial charge in [0.15, 0.2) is 12.2 Å². The zero-order valence-corrected chi connectivity index (χ0v) is 28.6. The van der Waals surface area contributed by atoms with Gasteiger partial charge in [0.2, 0.25) is 0 Å². The van der Waals surface area contributed by atoms with Gasteiger partial charge in [-0.15, -0.1) is 0 Å². The molecule has 49 heavy (non-hydrogen) atoms. The predicted molar refractivity (Wildman–Crippen MR) is 177 cm³/mol. The van der Waals surface area contributed by atoms with Gasteiger partial charge in [0.25, 0.3) is 17.7 Å². The third kappa shape index (κ3) is 9.55. The number of nitrogens with zero attached hydrogens (tertiary/aromatic N) is 4. The van der Waals surface area contributed by atoms with E-state index in [1.165, 1.54) is 23.1 Å². The summed E-state index contributed by atoms with van der Waals surface area (Å²) >= 11 is 0. The summed E-state index contributed by atoms with van der Waals surface area (Å²) in [7, 11) is 0. The summed E-state index contributed by atoms with van der Waals surface area (Å²) in [6.07, 6.45) is -3.59. The molecular formula is C35H43N5O9. The van der Waals surface area contributed by atoms with E-state index in [0.717, 1.165) is 12.8 Å². The Balaban J connectivity index is 1.50. The van der Waals surface area contributed by atoms with Crippen molar-refractivity contribution in [1.29, 1.82) is 5.26 Å². The quantitative estimate of drug-likeness (QED) is 0.432. The molecule has 0 spiro atoms. The highest BCUT2D eigenvalue weighted by Crippen LogP contribution is 2.25. The van der Waals surface area contributed by atoms with E-state index in [9.17, 15) is 34.3 Å². The third-order valence-corrected chi connectivity index (χ3v) is 7.52. The van der Waals surface area contributed by atoms with Crippen molar-refractivity contribution in [2.24, 2.45) is 0 Å². The second-order valence-electron chi connectivity index (χ2n) is 13.8. The number of morpholine rings is 1. The smallest absolute Gasteiger partial charge is 0.420 e. The Morgan fingerprint density at radius 1 is 1.00 bits per heavy atom. The molecule has 2 aliphatic rings. The van der Waals surface area contributed by atoms with Crippen LogP contribution in [0.5, 0.6) is 0 Å². The largest absolute Gasteiger partial charge is 0.443 e. The maximum absolute atomic E-state index is 13.5. The fourth-order valence-electron chi connectivity index (χ4n) is 5.27. The van der Waals surface area contributed by atoms with Gasteiger partial charge >= 0.3 is 12.2 Å². The summed E-state index contributed by atoms with van der Waals surface area (Å²) in [6.45, 7) is 10.9. The molecule has 2 aromatic rings. The van der Waals surface area contributed by atoms with Gasteiger partial charge in [-0.1, -0.05) is 6.07 Å². The summed E-state index contributed by atoms with van der Waals surface area (Å²) in [5, 5.41) is 23.2. The van der Waals surface area contributed by atoms with Crippen molar-refractivity contribution in [2.45, 2.75) is 84.3 Å². The number of imide groups is 1. The highest BCUT2D eigenvalue weighted by atomic mass is 16.6. The molecular weight excluding hydrogens is 634 g/mol. The SMILES string of the molecule is CC(C)(C)OC(=O)N(Cc1cc(NC(=O)[C@H](O)[C@H]2OCCN(c3cccc(C(=O)N4CCCC4)c3)C2=O)ccc1C#N)C(=O)OC(C)(C)C. The number of amides is 5. The van der Waals surface area contributed by atoms with Crippen molar-refractivity contribution in [3.63, 3.8) is 0 Å². The van der Waals surface area contributed by atoms with Crippen LogP contribution in [-0.4, -0.2) is 94.5 Å². The summed E-state index contributed by atoms with van der Waals surface area (Å²) in [5.74, 6) is -1.76. The first-order valence-corrected chi connectivity index (χ1v) is 16.0. The highest BCUT2D eigenvalue weighted by molar-refractivity contribution is 6.04. The molecule has 0 radical (unpaired) electrons. The van der Waals surface area contributed by atoms with Crippen LogP contribution in [0.25, 0.3) is 0 Å². The number of carbonyl (C=O) groups excluding carboxylic acids is 5. The summed E-state index contributed by atoms with van der Waals surface area (Å²) in [6, 6.07) is 12.8. The van der Waals surface area contributed by atoms with Crippen LogP contribution in [0, 0.1) is 11.3 Å². The topological polar surface area (TPSA) is 179 Å². The number of hydrogen-bond acceptors (Lipinski definition) is 10. The van der Waals surface area contributed by atoms with Crippen LogP contribution in [0.1, 0.15) is 75.9 Å². The van der Waals surface area contributed by atoms with Gasteiger partial charge in [0.05, 0.1) is 24.8 Å². The standard InChI is InChI=1S/C35H43N5O9/c1-34(2,3)48-32(45)40(33(46)49-35(4,5)6)21-24-18-25(13-12-23(24)20-36)37-29(42)27(41)28-31(44)39(16-17-47-28)26-11-9-10-22(19-26)30(43)38-14-7-8-15-38/h9-13,18-19,27-28,41H,7-8,14-17,21H2,1-6H3,(H,37,42)/t27-,28-/m1/s1. The van der Waals surface area contributed by atoms with E-state index in [1.54, 1.807) is 70.7 Å². The molecule has 2 heterocycles. The van der Waals surface area contributed by atoms with Gasteiger partial charge in [-0.25, -0.2) is 14.5 Å². The van der Waals surface area contributed by atoms with Crippen LogP contribution in [0.2, 0.25) is 0 Å². The maximum Gasteiger partial charge on any atom is 0.420 e. The lowest BCUT2D eigenvalue weighted by molar-refractivity contribution is -0.150. The Morgan fingerprint density at radius 2 is 1.63 bits per heavy atom. The number of aliphatic hydroxyl groups is 1. The van der Waals surface area contributed by atoms with E-state index < -0.39 is 54.0 Å². The molecule has 2 aromatic carbocycles. The minimum Gasteiger partial charge on any atom is -0.443 e. The normalized spacial score (nSPS) is 17.2. The first-order valence-electron chi connectivity index (χ1n) is 16.0. The Hall–Kier alpha value is -5.00. The number of benzene rings is 2. The minimum atomic E-state index is -1.93. The molecule has 0 saturated carbocycles. The van der Waals surface area contributed by atoms with Gasteiger partial charge in [-0.2, -0.15) is 5.26 Å². The van der Waals surface area contributed by atoms with Crippen molar-refractivity contribution < 1.29 is 43.3 Å². The fourth-order valence-corrected chi connectivity index (χ4v) is 5.27. The van der Waals surface area contributed by atoms with Gasteiger partial charge in [0, 0.05) is 36.6 Å². The number of nitriles is 1. The molecule has 14 heteroatoms. The zero-order chi connectivity index (χ0) is 36.1. The van der Waals surface area contributed by atoms with Crippen LogP contribution in [-0.2, 0) is 30.3 Å².